The van der Waals surface area contributed by atoms with Gasteiger partial charge in [-0.3, -0.25) is 0 Å². The van der Waals surface area contributed by atoms with Gasteiger partial charge in [0.05, 0.1) is 18.4 Å². The second-order valence-electron chi connectivity index (χ2n) is 4.68. The fraction of sp³-hybridized carbons (Fsp3) is 0.538. The standard InChI is InChI=1S/C13H18N2O2/c1-8-6-10(8)7-14-12-5-4-11(9(2)15-12)13(16)17-3/h4-5,8,10H,6-7H2,1-3H3,(H,14,15). The molecule has 0 radical (unpaired) electrons. The lowest BCUT2D eigenvalue weighted by molar-refractivity contribution is 0.0599. The first-order valence-electron chi connectivity index (χ1n) is 5.91. The molecular formula is C13H18N2O2. The van der Waals surface area contributed by atoms with Gasteiger partial charge in [0.15, 0.2) is 0 Å². The lowest BCUT2D eigenvalue weighted by atomic mass is 10.2. The Labute approximate surface area is 101 Å². The van der Waals surface area contributed by atoms with E-state index in [-0.39, 0.29) is 5.97 Å². The number of ether oxygens (including phenoxy) is 1. The molecule has 1 aliphatic rings. The van der Waals surface area contributed by atoms with E-state index in [4.69, 9.17) is 0 Å². The van der Waals surface area contributed by atoms with Crippen molar-refractivity contribution in [3.05, 3.63) is 23.4 Å². The molecule has 1 N–H and O–H groups in total. The number of esters is 1. The second kappa shape index (κ2) is 4.73. The van der Waals surface area contributed by atoms with Crippen molar-refractivity contribution in [3.8, 4) is 0 Å². The predicted molar refractivity (Wildman–Crippen MR) is 66.1 cm³/mol. The SMILES string of the molecule is COC(=O)c1ccc(NCC2CC2C)nc1C. The number of carbonyl (C=O) groups excluding carboxylic acids is 1. The highest BCUT2D eigenvalue weighted by Crippen LogP contribution is 2.37. The van der Waals surface area contributed by atoms with E-state index in [0.717, 1.165) is 24.2 Å². The average Bonchev–Trinajstić information content (AvgIpc) is 3.02. The monoisotopic (exact) mass is 234 g/mol. The number of anilines is 1. The van der Waals surface area contributed by atoms with Gasteiger partial charge in [0, 0.05) is 6.54 Å². The lowest BCUT2D eigenvalue weighted by Crippen LogP contribution is -2.09. The van der Waals surface area contributed by atoms with Gasteiger partial charge in [0.1, 0.15) is 5.82 Å². The van der Waals surface area contributed by atoms with E-state index in [1.54, 1.807) is 6.07 Å². The van der Waals surface area contributed by atoms with Crippen LogP contribution in [0.2, 0.25) is 0 Å². The molecule has 4 nitrogen and oxygen atoms in total. The largest absolute Gasteiger partial charge is 0.465 e. The molecule has 0 amide bonds. The molecule has 1 saturated carbocycles. The number of pyridine rings is 1. The highest BCUT2D eigenvalue weighted by molar-refractivity contribution is 5.90. The van der Waals surface area contributed by atoms with Gasteiger partial charge in [0.2, 0.25) is 0 Å². The third-order valence-corrected chi connectivity index (χ3v) is 3.31. The highest BCUT2D eigenvalue weighted by Gasteiger charge is 2.31. The lowest BCUT2D eigenvalue weighted by Gasteiger charge is -2.08. The maximum absolute atomic E-state index is 11.4. The zero-order chi connectivity index (χ0) is 12.4. The van der Waals surface area contributed by atoms with Crippen LogP contribution in [0.1, 0.15) is 29.4 Å². The van der Waals surface area contributed by atoms with Crippen molar-refractivity contribution in [1.82, 2.24) is 4.98 Å². The quantitative estimate of drug-likeness (QED) is 0.812. The van der Waals surface area contributed by atoms with Crippen LogP contribution < -0.4 is 5.32 Å². The molecule has 92 valence electrons. The molecule has 1 fully saturated rings. The van der Waals surface area contributed by atoms with Crippen molar-refractivity contribution in [2.75, 3.05) is 19.0 Å². The molecule has 1 aliphatic carbocycles. The average molecular weight is 234 g/mol. The number of hydrogen-bond donors (Lipinski definition) is 1. The third-order valence-electron chi connectivity index (χ3n) is 3.31. The van der Waals surface area contributed by atoms with Crippen LogP contribution in [0.3, 0.4) is 0 Å². The molecule has 1 aromatic rings. The normalized spacial score (nSPS) is 22.1. The number of nitrogens with one attached hydrogen (secondary N) is 1. The van der Waals surface area contributed by atoms with Crippen molar-refractivity contribution in [2.24, 2.45) is 11.8 Å². The van der Waals surface area contributed by atoms with E-state index in [9.17, 15) is 4.79 Å². The Hall–Kier alpha value is -1.58. The first-order valence-corrected chi connectivity index (χ1v) is 5.91. The van der Waals surface area contributed by atoms with Gasteiger partial charge in [-0.2, -0.15) is 0 Å². The Morgan fingerprint density at radius 2 is 2.29 bits per heavy atom. The number of methoxy groups -OCH3 is 1. The van der Waals surface area contributed by atoms with E-state index in [1.807, 2.05) is 13.0 Å². The van der Waals surface area contributed by atoms with Gasteiger partial charge in [0.25, 0.3) is 0 Å². The van der Waals surface area contributed by atoms with Gasteiger partial charge in [-0.25, -0.2) is 9.78 Å². The van der Waals surface area contributed by atoms with Crippen molar-refractivity contribution in [2.45, 2.75) is 20.3 Å². The van der Waals surface area contributed by atoms with Crippen LogP contribution in [0, 0.1) is 18.8 Å². The second-order valence-corrected chi connectivity index (χ2v) is 4.68. The van der Waals surface area contributed by atoms with Crippen LogP contribution in [-0.4, -0.2) is 24.6 Å². The van der Waals surface area contributed by atoms with Crippen molar-refractivity contribution >= 4 is 11.8 Å². The molecule has 0 saturated heterocycles. The van der Waals surface area contributed by atoms with Crippen LogP contribution in [-0.2, 0) is 4.74 Å². The first kappa shape index (κ1) is 11.9. The maximum atomic E-state index is 11.4. The van der Waals surface area contributed by atoms with Crippen LogP contribution in [0.25, 0.3) is 0 Å². The van der Waals surface area contributed by atoms with Gasteiger partial charge < -0.3 is 10.1 Å². The molecule has 2 atom stereocenters. The van der Waals surface area contributed by atoms with E-state index >= 15 is 0 Å². The number of aromatic nitrogens is 1. The van der Waals surface area contributed by atoms with E-state index < -0.39 is 0 Å². The van der Waals surface area contributed by atoms with Crippen molar-refractivity contribution < 1.29 is 9.53 Å². The summed E-state index contributed by atoms with van der Waals surface area (Å²) in [4.78, 5) is 15.7. The van der Waals surface area contributed by atoms with E-state index in [1.165, 1.54) is 13.5 Å². The Morgan fingerprint density at radius 3 is 2.82 bits per heavy atom. The van der Waals surface area contributed by atoms with Crippen molar-refractivity contribution in [1.29, 1.82) is 0 Å². The maximum Gasteiger partial charge on any atom is 0.339 e. The van der Waals surface area contributed by atoms with Gasteiger partial charge in [-0.05, 0) is 37.3 Å². The van der Waals surface area contributed by atoms with Gasteiger partial charge in [-0.15, -0.1) is 0 Å². The Balaban J connectivity index is 2.00. The topological polar surface area (TPSA) is 51.2 Å². The van der Waals surface area contributed by atoms with Gasteiger partial charge in [-0.1, -0.05) is 6.92 Å². The summed E-state index contributed by atoms with van der Waals surface area (Å²) in [7, 11) is 1.38. The summed E-state index contributed by atoms with van der Waals surface area (Å²) in [5.41, 5.74) is 1.23. The molecule has 0 aromatic carbocycles. The zero-order valence-electron chi connectivity index (χ0n) is 10.5. The molecule has 4 heteroatoms. The van der Waals surface area contributed by atoms with E-state index in [0.29, 0.717) is 11.3 Å². The number of carbonyl (C=O) groups is 1. The molecule has 0 bridgehead atoms. The Bertz CT molecular complexity index is 431. The molecule has 2 unspecified atom stereocenters. The summed E-state index contributed by atoms with van der Waals surface area (Å²) in [6.45, 7) is 5.04. The first-order chi connectivity index (χ1) is 8.11. The molecule has 17 heavy (non-hydrogen) atoms. The summed E-state index contributed by atoms with van der Waals surface area (Å²) in [6.07, 6.45) is 1.30. The van der Waals surface area contributed by atoms with Crippen molar-refractivity contribution in [3.63, 3.8) is 0 Å². The number of aryl methyl sites for hydroxylation is 1. The molecule has 1 heterocycles. The minimum absolute atomic E-state index is 0.336. The molecule has 0 spiro atoms. The van der Waals surface area contributed by atoms with Crippen LogP contribution in [0.4, 0.5) is 5.82 Å². The van der Waals surface area contributed by atoms with E-state index in [2.05, 4.69) is 22.0 Å². The fourth-order valence-electron chi connectivity index (χ4n) is 1.90. The smallest absolute Gasteiger partial charge is 0.339 e. The predicted octanol–water partition coefficient (Wildman–Crippen LogP) is 2.24. The van der Waals surface area contributed by atoms with Gasteiger partial charge >= 0.3 is 5.97 Å². The Morgan fingerprint density at radius 1 is 1.59 bits per heavy atom. The van der Waals surface area contributed by atoms with Crippen LogP contribution in [0.15, 0.2) is 12.1 Å². The molecule has 1 aromatic heterocycles. The minimum Gasteiger partial charge on any atom is -0.465 e. The zero-order valence-corrected chi connectivity index (χ0v) is 10.5. The fourth-order valence-corrected chi connectivity index (χ4v) is 1.90. The number of rotatable bonds is 4. The highest BCUT2D eigenvalue weighted by atomic mass is 16.5. The summed E-state index contributed by atoms with van der Waals surface area (Å²) in [5, 5.41) is 3.30. The molecule has 0 aliphatic heterocycles. The summed E-state index contributed by atoms with van der Waals surface area (Å²) >= 11 is 0. The summed E-state index contributed by atoms with van der Waals surface area (Å²) in [6, 6.07) is 3.58. The molecular weight excluding hydrogens is 216 g/mol. The summed E-state index contributed by atoms with van der Waals surface area (Å²) < 4.78 is 4.68. The Kier molecular flexibility index (Phi) is 3.31. The van der Waals surface area contributed by atoms with Crippen LogP contribution >= 0.6 is 0 Å². The number of nitrogens with zero attached hydrogens (tertiary/aromatic N) is 1. The molecule has 2 rings (SSSR count). The summed E-state index contributed by atoms with van der Waals surface area (Å²) in [5.74, 6) is 2.10. The number of hydrogen-bond acceptors (Lipinski definition) is 4. The van der Waals surface area contributed by atoms with Crippen LogP contribution in [0.5, 0.6) is 0 Å². The third kappa shape index (κ3) is 2.75. The minimum atomic E-state index is -0.336.